The van der Waals surface area contributed by atoms with Crippen molar-refractivity contribution in [3.05, 3.63) is 223 Å². The van der Waals surface area contributed by atoms with E-state index in [0.717, 1.165) is 28.4 Å². The fourth-order valence-electron chi connectivity index (χ4n) is 10.1. The van der Waals surface area contributed by atoms with Crippen molar-refractivity contribution < 1.29 is 0 Å². The van der Waals surface area contributed by atoms with Gasteiger partial charge in [-0.25, -0.2) is 0 Å². The van der Waals surface area contributed by atoms with E-state index in [-0.39, 0.29) is 5.41 Å². The molecule has 60 heavy (non-hydrogen) atoms. The van der Waals surface area contributed by atoms with Crippen molar-refractivity contribution >= 4 is 60.7 Å². The van der Waals surface area contributed by atoms with Crippen molar-refractivity contribution in [3.8, 4) is 33.6 Å². The number of aromatic nitrogens is 2. The van der Waals surface area contributed by atoms with Gasteiger partial charge in [0.25, 0.3) is 0 Å². The van der Waals surface area contributed by atoms with E-state index >= 15 is 0 Å². The van der Waals surface area contributed by atoms with Gasteiger partial charge >= 0.3 is 0 Å². The number of nitrogens with zero attached hydrogens (tertiary/aromatic N) is 3. The van der Waals surface area contributed by atoms with E-state index in [9.17, 15) is 0 Å². The smallest absolute Gasteiger partial charge is 0.0541 e. The molecule has 1 aliphatic rings. The molecule has 3 nitrogen and oxygen atoms in total. The van der Waals surface area contributed by atoms with Crippen molar-refractivity contribution in [2.75, 3.05) is 4.90 Å². The number of fused-ring (bicyclic) bond motifs is 9. The van der Waals surface area contributed by atoms with Gasteiger partial charge in [-0.15, -0.1) is 0 Å². The Morgan fingerprint density at radius 3 is 1.55 bits per heavy atom. The van der Waals surface area contributed by atoms with Gasteiger partial charge in [0.2, 0.25) is 0 Å². The maximum atomic E-state index is 2.42. The Morgan fingerprint density at radius 2 is 0.850 bits per heavy atom. The summed E-state index contributed by atoms with van der Waals surface area (Å²) < 4.78 is 4.82. The Bertz CT molecular complexity index is 3420. The summed E-state index contributed by atoms with van der Waals surface area (Å²) in [7, 11) is 0. The zero-order valence-electron chi connectivity index (χ0n) is 33.5. The SMILES string of the molecule is CC1(C)c2ccccc2-c2ccc(N(c3ccccc3)c3cccc(-c4ccc5c(c4)c4ccccc4n5-c4cccc(-n5c6ccccc6c6ccccc65)c4)c3)cc21. The van der Waals surface area contributed by atoms with E-state index in [1.807, 2.05) is 0 Å². The van der Waals surface area contributed by atoms with E-state index in [1.54, 1.807) is 0 Å². The first-order valence-electron chi connectivity index (χ1n) is 20.9. The summed E-state index contributed by atoms with van der Waals surface area (Å²) in [5.74, 6) is 0. The predicted octanol–water partition coefficient (Wildman–Crippen LogP) is 15.3. The number of rotatable bonds is 6. The second-order valence-corrected chi connectivity index (χ2v) is 16.6. The molecule has 0 unspecified atom stereocenters. The first-order valence-corrected chi connectivity index (χ1v) is 20.9. The van der Waals surface area contributed by atoms with Crippen molar-refractivity contribution in [1.29, 1.82) is 0 Å². The largest absolute Gasteiger partial charge is 0.310 e. The highest BCUT2D eigenvalue weighted by Gasteiger charge is 2.35. The number of anilines is 3. The van der Waals surface area contributed by atoms with Gasteiger partial charge in [0.1, 0.15) is 0 Å². The molecule has 0 N–H and O–H groups in total. The van der Waals surface area contributed by atoms with Crippen LogP contribution in [0.3, 0.4) is 0 Å². The van der Waals surface area contributed by atoms with Gasteiger partial charge in [0.15, 0.2) is 0 Å². The van der Waals surface area contributed by atoms with Crippen LogP contribution in [0.5, 0.6) is 0 Å². The zero-order valence-corrected chi connectivity index (χ0v) is 33.5. The summed E-state index contributed by atoms with van der Waals surface area (Å²) in [6.07, 6.45) is 0. The van der Waals surface area contributed by atoms with Crippen LogP contribution in [-0.4, -0.2) is 9.13 Å². The molecule has 11 aromatic rings. The molecule has 0 amide bonds. The van der Waals surface area contributed by atoms with Crippen molar-refractivity contribution in [2.45, 2.75) is 19.3 Å². The topological polar surface area (TPSA) is 13.1 Å². The van der Waals surface area contributed by atoms with E-state index in [4.69, 9.17) is 0 Å². The highest BCUT2D eigenvalue weighted by Crippen LogP contribution is 2.51. The van der Waals surface area contributed by atoms with Crippen LogP contribution in [0.15, 0.2) is 212 Å². The average Bonchev–Trinajstić information content (AvgIpc) is 3.90. The second kappa shape index (κ2) is 13.2. The van der Waals surface area contributed by atoms with Gasteiger partial charge in [-0.1, -0.05) is 141 Å². The molecular formula is C57H41N3. The molecule has 1 aliphatic carbocycles. The monoisotopic (exact) mass is 767 g/mol. The summed E-state index contributed by atoms with van der Waals surface area (Å²) in [5.41, 5.74) is 18.2. The Balaban J connectivity index is 0.976. The molecule has 0 saturated heterocycles. The third-order valence-corrected chi connectivity index (χ3v) is 12.9. The molecule has 9 aromatic carbocycles. The molecule has 0 bridgehead atoms. The lowest BCUT2D eigenvalue weighted by Gasteiger charge is -2.28. The molecular weight excluding hydrogens is 727 g/mol. The van der Waals surface area contributed by atoms with Crippen LogP contribution in [-0.2, 0) is 5.41 Å². The number of hydrogen-bond donors (Lipinski definition) is 0. The van der Waals surface area contributed by atoms with Crippen molar-refractivity contribution in [3.63, 3.8) is 0 Å². The third kappa shape index (κ3) is 5.15. The van der Waals surface area contributed by atoms with Crippen LogP contribution in [0, 0.1) is 0 Å². The average molecular weight is 768 g/mol. The standard InChI is InChI=1S/C57H41N3/c1-57(2)51-26-10-6-22-45(51)46-32-31-44(37-52(46)57)58(40-17-4-3-5-18-40)41-19-14-16-38(34-41)39-30-33-56-50(35-39)49-25-9-13-29-55(49)60(56)43-21-15-20-42(36-43)59-53-27-11-7-23-47(53)48-24-8-12-28-54(48)59/h3-37H,1-2H3. The fourth-order valence-corrected chi connectivity index (χ4v) is 10.1. The van der Waals surface area contributed by atoms with Gasteiger partial charge in [-0.3, -0.25) is 0 Å². The Kier molecular flexibility index (Phi) is 7.58. The van der Waals surface area contributed by atoms with Crippen molar-refractivity contribution in [2.24, 2.45) is 0 Å². The molecule has 0 spiro atoms. The summed E-state index contributed by atoms with van der Waals surface area (Å²) in [5, 5.41) is 5.00. The maximum Gasteiger partial charge on any atom is 0.0541 e. The van der Waals surface area contributed by atoms with Crippen molar-refractivity contribution in [1.82, 2.24) is 9.13 Å². The molecule has 0 fully saturated rings. The highest BCUT2D eigenvalue weighted by molar-refractivity contribution is 6.11. The van der Waals surface area contributed by atoms with Gasteiger partial charge < -0.3 is 14.0 Å². The van der Waals surface area contributed by atoms with Crippen LogP contribution in [0.4, 0.5) is 17.1 Å². The first-order chi connectivity index (χ1) is 29.5. The predicted molar refractivity (Wildman–Crippen MR) is 253 cm³/mol. The fraction of sp³-hybridized carbons (Fsp3) is 0.0526. The molecule has 0 aliphatic heterocycles. The molecule has 0 radical (unpaired) electrons. The number of benzene rings is 9. The van der Waals surface area contributed by atoms with Crippen LogP contribution in [0.1, 0.15) is 25.0 Å². The molecule has 2 heterocycles. The Labute approximate surface area is 349 Å². The summed E-state index contributed by atoms with van der Waals surface area (Å²) in [6.45, 7) is 4.70. The molecule has 0 atom stereocenters. The Hall–Kier alpha value is -7.62. The maximum absolute atomic E-state index is 2.42. The van der Waals surface area contributed by atoms with E-state index < -0.39 is 0 Å². The number of para-hydroxylation sites is 4. The normalized spacial score (nSPS) is 13.0. The summed E-state index contributed by atoms with van der Waals surface area (Å²) in [6, 6.07) is 77.8. The van der Waals surface area contributed by atoms with Gasteiger partial charge in [-0.2, -0.15) is 0 Å². The van der Waals surface area contributed by atoms with Crippen LogP contribution in [0.2, 0.25) is 0 Å². The molecule has 2 aromatic heterocycles. The molecule has 0 saturated carbocycles. The molecule has 284 valence electrons. The van der Waals surface area contributed by atoms with Crippen LogP contribution in [0.25, 0.3) is 77.2 Å². The highest BCUT2D eigenvalue weighted by atomic mass is 15.1. The third-order valence-electron chi connectivity index (χ3n) is 12.9. The minimum atomic E-state index is -0.0902. The second-order valence-electron chi connectivity index (χ2n) is 16.6. The first kappa shape index (κ1) is 34.4. The molecule has 12 rings (SSSR count). The van der Waals surface area contributed by atoms with Crippen LogP contribution >= 0.6 is 0 Å². The van der Waals surface area contributed by atoms with Gasteiger partial charge in [0.05, 0.1) is 22.1 Å². The van der Waals surface area contributed by atoms with Gasteiger partial charge in [-0.05, 0) is 118 Å². The molecule has 3 heteroatoms. The Morgan fingerprint density at radius 1 is 0.333 bits per heavy atom. The van der Waals surface area contributed by atoms with E-state index in [1.165, 1.54) is 77.0 Å². The van der Waals surface area contributed by atoms with E-state index in [2.05, 4.69) is 240 Å². The van der Waals surface area contributed by atoms with E-state index in [0.29, 0.717) is 0 Å². The lowest BCUT2D eigenvalue weighted by Crippen LogP contribution is -2.16. The zero-order chi connectivity index (χ0) is 40.0. The minimum absolute atomic E-state index is 0.0902. The summed E-state index contributed by atoms with van der Waals surface area (Å²) >= 11 is 0. The summed E-state index contributed by atoms with van der Waals surface area (Å²) in [4.78, 5) is 2.40. The lowest BCUT2D eigenvalue weighted by atomic mass is 9.82. The van der Waals surface area contributed by atoms with Gasteiger partial charge in [0, 0.05) is 55.4 Å². The minimum Gasteiger partial charge on any atom is -0.310 e. The van der Waals surface area contributed by atoms with Crippen LogP contribution < -0.4 is 4.90 Å². The lowest BCUT2D eigenvalue weighted by molar-refractivity contribution is 0.660. The quantitative estimate of drug-likeness (QED) is 0.164. The number of hydrogen-bond acceptors (Lipinski definition) is 1.